The molecular weight excluding hydrogens is 569 g/mol. The second kappa shape index (κ2) is 11.0. The van der Waals surface area contributed by atoms with E-state index in [0.717, 1.165) is 12.8 Å². The largest absolute Gasteiger partial charge is 0.329 e. The average molecular weight is 609 g/mol. The van der Waals surface area contributed by atoms with Crippen molar-refractivity contribution in [1.82, 2.24) is 9.13 Å². The van der Waals surface area contributed by atoms with Gasteiger partial charge in [0, 0.05) is 32.5 Å². The molecule has 0 aliphatic heterocycles. The van der Waals surface area contributed by atoms with E-state index in [4.69, 9.17) is 0 Å². The lowest BCUT2D eigenvalue weighted by molar-refractivity contribution is 0.195. The van der Waals surface area contributed by atoms with Gasteiger partial charge >= 0.3 is 0 Å². The molecule has 2 aromatic heterocycles. The van der Waals surface area contributed by atoms with E-state index < -0.39 is 0 Å². The van der Waals surface area contributed by atoms with Gasteiger partial charge in [0.15, 0.2) is 0 Å². The first-order chi connectivity index (χ1) is 22.9. The molecule has 47 heavy (non-hydrogen) atoms. The van der Waals surface area contributed by atoms with Crippen LogP contribution in [0.4, 0.5) is 0 Å². The molecule has 0 N–H and O–H groups in total. The lowest BCUT2D eigenvalue weighted by Gasteiger charge is -2.46. The zero-order valence-electron chi connectivity index (χ0n) is 28.0. The summed E-state index contributed by atoms with van der Waals surface area (Å²) in [7, 11) is 0. The third-order valence-corrected chi connectivity index (χ3v) is 11.2. The molecule has 0 saturated heterocycles. The van der Waals surface area contributed by atoms with Crippen LogP contribution in [0.15, 0.2) is 103 Å². The first-order valence-electron chi connectivity index (χ1n) is 16.9. The second-order valence-electron chi connectivity index (χ2n) is 13.7. The van der Waals surface area contributed by atoms with E-state index >= 15 is 0 Å². The summed E-state index contributed by atoms with van der Waals surface area (Å²) in [5, 5.41) is 5.10. The number of hydrogen-bond acceptors (Lipinski definition) is 0. The summed E-state index contributed by atoms with van der Waals surface area (Å²) in [5.74, 6) is 13.1. The fourth-order valence-electron chi connectivity index (χ4n) is 8.63. The molecule has 2 heteroatoms. The SMILES string of the molecule is CC#CCn1c2ccccc2c2cc3c(cc21)c1cccc(CC2(C(C)(C)CC)c4ccccc4-c4ccccc42)c1n3CC#CC. The van der Waals surface area contributed by atoms with Crippen molar-refractivity contribution >= 4 is 43.6 Å². The fourth-order valence-corrected chi connectivity index (χ4v) is 8.63. The maximum Gasteiger partial charge on any atom is 0.0843 e. The quantitative estimate of drug-likeness (QED) is 0.166. The fraction of sp³-hybridized carbons (Fsp3) is 0.244. The van der Waals surface area contributed by atoms with Gasteiger partial charge in [-0.3, -0.25) is 0 Å². The number of hydrogen-bond donors (Lipinski definition) is 0. The Morgan fingerprint density at radius 1 is 0.596 bits per heavy atom. The number of rotatable bonds is 6. The molecule has 2 heterocycles. The van der Waals surface area contributed by atoms with Crippen LogP contribution in [0.25, 0.3) is 54.7 Å². The highest BCUT2D eigenvalue weighted by molar-refractivity contribution is 6.18. The smallest absolute Gasteiger partial charge is 0.0843 e. The summed E-state index contributed by atoms with van der Waals surface area (Å²) in [6.07, 6.45) is 1.98. The molecule has 0 atom stereocenters. The molecule has 1 aliphatic carbocycles. The van der Waals surface area contributed by atoms with Gasteiger partial charge in [0.1, 0.15) is 0 Å². The lowest BCUT2D eigenvalue weighted by atomic mass is 9.56. The summed E-state index contributed by atoms with van der Waals surface area (Å²) >= 11 is 0. The normalized spacial score (nSPS) is 13.4. The van der Waals surface area contributed by atoms with Gasteiger partial charge in [0.05, 0.1) is 29.6 Å². The highest BCUT2D eigenvalue weighted by Gasteiger charge is 2.52. The molecule has 5 aromatic carbocycles. The second-order valence-corrected chi connectivity index (χ2v) is 13.7. The molecule has 1 aliphatic rings. The number of aromatic nitrogens is 2. The van der Waals surface area contributed by atoms with E-state index in [1.807, 2.05) is 13.8 Å². The first-order valence-corrected chi connectivity index (χ1v) is 16.9. The van der Waals surface area contributed by atoms with E-state index in [1.165, 1.54) is 71.4 Å². The van der Waals surface area contributed by atoms with Gasteiger partial charge in [-0.15, -0.1) is 11.8 Å². The molecule has 0 saturated carbocycles. The van der Waals surface area contributed by atoms with Gasteiger partial charge in [-0.1, -0.05) is 118 Å². The maximum atomic E-state index is 3.45. The van der Waals surface area contributed by atoms with Crippen molar-refractivity contribution in [2.45, 2.75) is 66.0 Å². The van der Waals surface area contributed by atoms with E-state index in [0.29, 0.717) is 13.1 Å². The average Bonchev–Trinajstić information content (AvgIpc) is 3.70. The van der Waals surface area contributed by atoms with Crippen LogP contribution in [0.5, 0.6) is 0 Å². The van der Waals surface area contributed by atoms with Gasteiger partial charge in [0.2, 0.25) is 0 Å². The van der Waals surface area contributed by atoms with Crippen LogP contribution in [0.2, 0.25) is 0 Å². The number of nitrogens with zero attached hydrogens (tertiary/aromatic N) is 2. The first kappa shape index (κ1) is 29.2. The van der Waals surface area contributed by atoms with Crippen LogP contribution in [0.1, 0.15) is 57.7 Å². The van der Waals surface area contributed by atoms with Crippen molar-refractivity contribution in [3.8, 4) is 34.8 Å². The number of fused-ring (bicyclic) bond motifs is 9. The highest BCUT2D eigenvalue weighted by atomic mass is 15.0. The summed E-state index contributed by atoms with van der Waals surface area (Å²) in [5.41, 5.74) is 11.8. The molecular formula is C45H40N2. The van der Waals surface area contributed by atoms with Crippen molar-refractivity contribution in [1.29, 1.82) is 0 Å². The third kappa shape index (κ3) is 4.08. The summed E-state index contributed by atoms with van der Waals surface area (Å²) in [6.45, 7) is 12.5. The van der Waals surface area contributed by atoms with Crippen LogP contribution in [-0.2, 0) is 24.9 Å². The van der Waals surface area contributed by atoms with E-state index in [9.17, 15) is 0 Å². The molecule has 0 amide bonds. The number of benzene rings is 5. The van der Waals surface area contributed by atoms with Gasteiger partial charge in [0.25, 0.3) is 0 Å². The van der Waals surface area contributed by atoms with Gasteiger partial charge in [-0.2, -0.15) is 0 Å². The Morgan fingerprint density at radius 3 is 1.81 bits per heavy atom. The van der Waals surface area contributed by atoms with Gasteiger partial charge in [-0.25, -0.2) is 0 Å². The number of para-hydroxylation sites is 2. The van der Waals surface area contributed by atoms with E-state index in [-0.39, 0.29) is 10.8 Å². The molecule has 8 rings (SSSR count). The van der Waals surface area contributed by atoms with E-state index in [2.05, 4.69) is 157 Å². The van der Waals surface area contributed by atoms with Crippen LogP contribution < -0.4 is 0 Å². The van der Waals surface area contributed by atoms with Crippen molar-refractivity contribution in [3.05, 3.63) is 120 Å². The zero-order valence-corrected chi connectivity index (χ0v) is 28.0. The minimum absolute atomic E-state index is 0.00361. The minimum Gasteiger partial charge on any atom is -0.329 e. The van der Waals surface area contributed by atoms with Crippen molar-refractivity contribution < 1.29 is 0 Å². The minimum atomic E-state index is -0.183. The summed E-state index contributed by atoms with van der Waals surface area (Å²) < 4.78 is 4.87. The summed E-state index contributed by atoms with van der Waals surface area (Å²) in [6, 6.07) is 38.8. The standard InChI is InChI=1S/C45H40N2/c1-6-9-26-46-40-25-16-13-21-34(40)36-28-42-37(29-41(36)46)35-22-17-18-31(43(35)47(42)27-10-7-2)30-45(44(4,5)8-3)38-23-14-11-19-32(38)33-20-12-15-24-39(33)45/h11-25,28-29H,8,26-27,30H2,1-5H3. The lowest BCUT2D eigenvalue weighted by Crippen LogP contribution is -2.43. The highest BCUT2D eigenvalue weighted by Crippen LogP contribution is 2.60. The molecule has 0 bridgehead atoms. The topological polar surface area (TPSA) is 9.86 Å². The van der Waals surface area contributed by atoms with Gasteiger partial charge in [-0.05, 0) is 78.1 Å². The summed E-state index contributed by atoms with van der Waals surface area (Å²) in [4.78, 5) is 0. The van der Waals surface area contributed by atoms with E-state index in [1.54, 1.807) is 0 Å². The Bertz CT molecular complexity index is 2450. The third-order valence-electron chi connectivity index (χ3n) is 11.2. The molecule has 230 valence electrons. The Hall–Kier alpha value is -5.18. The van der Waals surface area contributed by atoms with Crippen molar-refractivity contribution in [2.75, 3.05) is 0 Å². The van der Waals surface area contributed by atoms with Crippen LogP contribution in [0.3, 0.4) is 0 Å². The molecule has 0 spiro atoms. The molecule has 0 fully saturated rings. The molecule has 2 nitrogen and oxygen atoms in total. The van der Waals surface area contributed by atoms with Crippen LogP contribution in [-0.4, -0.2) is 9.13 Å². The maximum absolute atomic E-state index is 3.45. The Morgan fingerprint density at radius 2 is 1.15 bits per heavy atom. The molecule has 0 radical (unpaired) electrons. The predicted octanol–water partition coefficient (Wildman–Crippen LogP) is 10.9. The molecule has 0 unspecified atom stereocenters. The predicted molar refractivity (Wildman–Crippen MR) is 200 cm³/mol. The monoisotopic (exact) mass is 608 g/mol. The van der Waals surface area contributed by atoms with Gasteiger partial charge < -0.3 is 9.13 Å². The Balaban J connectivity index is 1.45. The zero-order chi connectivity index (χ0) is 32.3. The van der Waals surface area contributed by atoms with Crippen LogP contribution >= 0.6 is 0 Å². The molecule has 7 aromatic rings. The van der Waals surface area contributed by atoms with Crippen molar-refractivity contribution in [2.24, 2.45) is 5.41 Å². The van der Waals surface area contributed by atoms with Crippen molar-refractivity contribution in [3.63, 3.8) is 0 Å². The Kier molecular flexibility index (Phi) is 6.82. The van der Waals surface area contributed by atoms with Crippen LogP contribution in [0, 0.1) is 29.1 Å². The Labute approximate surface area is 278 Å².